The molecular formula is C23H23F3N6O2. The Labute approximate surface area is 194 Å². The fourth-order valence-electron chi connectivity index (χ4n) is 2.83. The molecule has 2 heterocycles. The molecule has 0 radical (unpaired) electrons. The van der Waals surface area contributed by atoms with Gasteiger partial charge in [-0.3, -0.25) is 9.78 Å². The van der Waals surface area contributed by atoms with Gasteiger partial charge in [0.05, 0.1) is 25.2 Å². The van der Waals surface area contributed by atoms with Gasteiger partial charge in [-0.25, -0.2) is 4.98 Å². The molecule has 0 atom stereocenters. The second kappa shape index (κ2) is 10.8. The van der Waals surface area contributed by atoms with E-state index in [0.717, 1.165) is 0 Å². The van der Waals surface area contributed by atoms with Crippen molar-refractivity contribution < 1.29 is 22.7 Å². The highest BCUT2D eigenvalue weighted by atomic mass is 19.4. The first-order valence-electron chi connectivity index (χ1n) is 10.1. The quantitative estimate of drug-likeness (QED) is 0.342. The summed E-state index contributed by atoms with van der Waals surface area (Å²) in [7, 11) is 5.20. The first-order valence-corrected chi connectivity index (χ1v) is 10.1. The number of ketones is 1. The minimum absolute atomic E-state index is 0.0793. The van der Waals surface area contributed by atoms with Crippen molar-refractivity contribution in [2.45, 2.75) is 6.18 Å². The van der Waals surface area contributed by atoms with Crippen LogP contribution in [-0.4, -0.2) is 53.4 Å². The monoisotopic (exact) mass is 472 g/mol. The highest BCUT2D eigenvalue weighted by Gasteiger charge is 2.35. The summed E-state index contributed by atoms with van der Waals surface area (Å²) in [4.78, 5) is 26.0. The van der Waals surface area contributed by atoms with Crippen LogP contribution in [0.3, 0.4) is 0 Å². The van der Waals surface area contributed by atoms with Gasteiger partial charge in [0.1, 0.15) is 17.1 Å². The van der Waals surface area contributed by atoms with E-state index in [4.69, 9.17) is 4.74 Å². The van der Waals surface area contributed by atoms with E-state index in [1.54, 1.807) is 30.3 Å². The van der Waals surface area contributed by atoms with Gasteiger partial charge >= 0.3 is 6.18 Å². The molecule has 2 aromatic heterocycles. The van der Waals surface area contributed by atoms with Gasteiger partial charge in [-0.15, -0.1) is 0 Å². The number of hydrogen-bond acceptors (Lipinski definition) is 8. The predicted octanol–water partition coefficient (Wildman–Crippen LogP) is 4.69. The lowest BCUT2D eigenvalue weighted by Gasteiger charge is -2.15. The third-order valence-electron chi connectivity index (χ3n) is 4.45. The fourth-order valence-corrected chi connectivity index (χ4v) is 2.83. The summed E-state index contributed by atoms with van der Waals surface area (Å²) in [5.41, 5.74) is -0.0277. The largest absolute Gasteiger partial charge is 0.495 e. The van der Waals surface area contributed by atoms with E-state index in [-0.39, 0.29) is 17.4 Å². The number of allylic oxidation sites excluding steroid dienone is 1. The first-order chi connectivity index (χ1) is 16.2. The van der Waals surface area contributed by atoms with Crippen LogP contribution in [0.4, 0.5) is 36.3 Å². The van der Waals surface area contributed by atoms with Gasteiger partial charge < -0.3 is 20.3 Å². The standard InChI is InChI=1S/C23H23F3N6O2/c1-32(2)9-5-8-20(33)15-6-4-7-16(10-15)29-21-19(23(24,25)26)14-28-22(31-21)30-17-11-18(34-3)13-27-12-17/h4-8,10-14H,9H2,1-3H3,(H2,28,29,30,31)/b8-5+. The molecular weight excluding hydrogens is 449 g/mol. The molecule has 0 amide bonds. The van der Waals surface area contributed by atoms with Crippen LogP contribution in [0.1, 0.15) is 15.9 Å². The van der Waals surface area contributed by atoms with Gasteiger partial charge in [0.2, 0.25) is 5.95 Å². The van der Waals surface area contributed by atoms with Crippen molar-refractivity contribution in [3.63, 3.8) is 0 Å². The molecule has 0 saturated heterocycles. The summed E-state index contributed by atoms with van der Waals surface area (Å²) in [5, 5.41) is 5.47. The second-order valence-electron chi connectivity index (χ2n) is 7.43. The number of carbonyl (C=O) groups is 1. The Morgan fingerprint density at radius 3 is 2.62 bits per heavy atom. The van der Waals surface area contributed by atoms with Gasteiger partial charge in [0.25, 0.3) is 0 Å². The van der Waals surface area contributed by atoms with E-state index in [1.165, 1.54) is 31.6 Å². The molecule has 11 heteroatoms. The number of ether oxygens (including phenoxy) is 1. The highest BCUT2D eigenvalue weighted by molar-refractivity contribution is 6.05. The zero-order valence-electron chi connectivity index (χ0n) is 18.7. The lowest BCUT2D eigenvalue weighted by Crippen LogP contribution is -2.13. The predicted molar refractivity (Wildman–Crippen MR) is 123 cm³/mol. The third kappa shape index (κ3) is 6.75. The normalized spacial score (nSPS) is 11.6. The molecule has 0 aliphatic heterocycles. The number of benzene rings is 1. The Kier molecular flexibility index (Phi) is 7.79. The maximum atomic E-state index is 13.6. The van der Waals surface area contributed by atoms with Gasteiger partial charge in [0, 0.05) is 30.1 Å². The summed E-state index contributed by atoms with van der Waals surface area (Å²) in [6, 6.07) is 7.76. The SMILES string of the molecule is COc1cncc(Nc2ncc(C(F)(F)F)c(Nc3cccc(C(=O)/C=C/CN(C)C)c3)n2)c1. The topological polar surface area (TPSA) is 92.3 Å². The molecule has 2 N–H and O–H groups in total. The van der Waals surface area contributed by atoms with E-state index in [9.17, 15) is 18.0 Å². The number of rotatable bonds is 9. The lowest BCUT2D eigenvalue weighted by molar-refractivity contribution is -0.137. The Morgan fingerprint density at radius 1 is 1.12 bits per heavy atom. The summed E-state index contributed by atoms with van der Waals surface area (Å²) in [5.74, 6) is -0.355. The Bertz CT molecular complexity index is 1180. The second-order valence-corrected chi connectivity index (χ2v) is 7.43. The summed E-state index contributed by atoms with van der Waals surface area (Å²) in [6.07, 6.45) is 2.06. The molecule has 0 unspecified atom stereocenters. The number of nitrogens with one attached hydrogen (secondary N) is 2. The zero-order chi connectivity index (χ0) is 24.7. The number of anilines is 4. The van der Waals surface area contributed by atoms with Crippen LogP contribution in [0.25, 0.3) is 0 Å². The van der Waals surface area contributed by atoms with Crippen molar-refractivity contribution in [1.82, 2.24) is 19.9 Å². The molecule has 0 spiro atoms. The van der Waals surface area contributed by atoms with Crippen LogP contribution in [0, 0.1) is 0 Å². The van der Waals surface area contributed by atoms with Gasteiger partial charge in [0.15, 0.2) is 5.78 Å². The van der Waals surface area contributed by atoms with E-state index >= 15 is 0 Å². The number of pyridine rings is 1. The molecule has 178 valence electrons. The van der Waals surface area contributed by atoms with Crippen LogP contribution in [-0.2, 0) is 6.18 Å². The molecule has 3 aromatic rings. The number of hydrogen-bond donors (Lipinski definition) is 2. The van der Waals surface area contributed by atoms with Crippen molar-refractivity contribution in [2.75, 3.05) is 38.4 Å². The maximum Gasteiger partial charge on any atom is 0.421 e. The molecule has 8 nitrogen and oxygen atoms in total. The van der Waals surface area contributed by atoms with Gasteiger partial charge in [-0.05, 0) is 32.3 Å². The summed E-state index contributed by atoms with van der Waals surface area (Å²) in [6.45, 7) is 0.581. The van der Waals surface area contributed by atoms with Crippen LogP contribution in [0.5, 0.6) is 5.75 Å². The number of aromatic nitrogens is 3. The highest BCUT2D eigenvalue weighted by Crippen LogP contribution is 2.35. The number of halogens is 3. The fraction of sp³-hybridized carbons (Fsp3) is 0.217. The average Bonchev–Trinajstić information content (AvgIpc) is 2.78. The molecule has 0 fully saturated rings. The number of carbonyl (C=O) groups excluding carboxylic acids is 1. The number of methoxy groups -OCH3 is 1. The molecule has 1 aromatic carbocycles. The van der Waals surface area contributed by atoms with Crippen LogP contribution < -0.4 is 15.4 Å². The molecule has 0 saturated carbocycles. The van der Waals surface area contributed by atoms with E-state index in [1.807, 2.05) is 19.0 Å². The van der Waals surface area contributed by atoms with Crippen molar-refractivity contribution >= 4 is 28.9 Å². The third-order valence-corrected chi connectivity index (χ3v) is 4.45. The first kappa shape index (κ1) is 24.6. The maximum absolute atomic E-state index is 13.6. The van der Waals surface area contributed by atoms with Crippen molar-refractivity contribution in [3.05, 3.63) is 72.2 Å². The van der Waals surface area contributed by atoms with Crippen LogP contribution in [0.2, 0.25) is 0 Å². The van der Waals surface area contributed by atoms with Gasteiger partial charge in [-0.2, -0.15) is 18.2 Å². The van der Waals surface area contributed by atoms with E-state index in [2.05, 4.69) is 25.6 Å². The molecule has 34 heavy (non-hydrogen) atoms. The van der Waals surface area contributed by atoms with E-state index < -0.39 is 17.6 Å². The Hall–Kier alpha value is -3.99. The number of alkyl halides is 3. The summed E-state index contributed by atoms with van der Waals surface area (Å²) >= 11 is 0. The molecule has 0 bridgehead atoms. The zero-order valence-corrected chi connectivity index (χ0v) is 18.7. The Balaban J connectivity index is 1.88. The smallest absolute Gasteiger partial charge is 0.421 e. The van der Waals surface area contributed by atoms with Gasteiger partial charge in [-0.1, -0.05) is 18.2 Å². The van der Waals surface area contributed by atoms with Crippen LogP contribution in [0.15, 0.2) is 61.1 Å². The van der Waals surface area contributed by atoms with Crippen molar-refractivity contribution in [1.29, 1.82) is 0 Å². The van der Waals surface area contributed by atoms with E-state index in [0.29, 0.717) is 29.7 Å². The molecule has 0 aliphatic carbocycles. The number of likely N-dealkylation sites (N-methyl/N-ethyl adjacent to an activating group) is 1. The van der Waals surface area contributed by atoms with Crippen molar-refractivity contribution in [2.24, 2.45) is 0 Å². The molecule has 3 rings (SSSR count). The lowest BCUT2D eigenvalue weighted by atomic mass is 10.1. The number of nitrogens with zero attached hydrogens (tertiary/aromatic N) is 4. The molecule has 0 aliphatic rings. The van der Waals surface area contributed by atoms with Crippen LogP contribution >= 0.6 is 0 Å². The minimum atomic E-state index is -4.69. The average molecular weight is 472 g/mol. The summed E-state index contributed by atoms with van der Waals surface area (Å²) < 4.78 is 45.8. The Morgan fingerprint density at radius 2 is 1.91 bits per heavy atom. The minimum Gasteiger partial charge on any atom is -0.495 e. The van der Waals surface area contributed by atoms with Crippen molar-refractivity contribution in [3.8, 4) is 5.75 Å².